The molecule has 26 heavy (non-hydrogen) atoms. The van der Waals surface area contributed by atoms with E-state index in [1.807, 2.05) is 13.8 Å². The summed E-state index contributed by atoms with van der Waals surface area (Å²) in [6.45, 7) is 2.84. The molecule has 0 aromatic heterocycles. The molecule has 1 amide bonds. The summed E-state index contributed by atoms with van der Waals surface area (Å²) in [6, 6.07) is 3.75. The zero-order valence-corrected chi connectivity index (χ0v) is 16.2. The van der Waals surface area contributed by atoms with Crippen molar-refractivity contribution < 1.29 is 28.6 Å². The van der Waals surface area contributed by atoms with Crippen LogP contribution in [-0.2, 0) is 23.9 Å². The second-order valence-electron chi connectivity index (χ2n) is 5.80. The van der Waals surface area contributed by atoms with Gasteiger partial charge in [-0.1, -0.05) is 37.0 Å². The summed E-state index contributed by atoms with van der Waals surface area (Å²) in [7, 11) is 1.24. The number of hydrogen-bond donors (Lipinski definition) is 1. The summed E-state index contributed by atoms with van der Waals surface area (Å²) in [5, 5.41) is 3.16. The molecule has 1 rings (SSSR count). The first-order chi connectivity index (χ1) is 12.2. The lowest BCUT2D eigenvalue weighted by Gasteiger charge is -2.18. The van der Waals surface area contributed by atoms with Crippen LogP contribution in [0.15, 0.2) is 18.2 Å². The van der Waals surface area contributed by atoms with Crippen LogP contribution < -0.4 is 10.1 Å². The Morgan fingerprint density at radius 1 is 1.15 bits per heavy atom. The van der Waals surface area contributed by atoms with E-state index in [1.165, 1.54) is 19.2 Å². The van der Waals surface area contributed by atoms with Gasteiger partial charge < -0.3 is 19.5 Å². The maximum absolute atomic E-state index is 11.9. The van der Waals surface area contributed by atoms with Crippen molar-refractivity contribution in [2.45, 2.75) is 26.3 Å². The number of hydrogen-bond acceptors (Lipinski definition) is 6. The molecule has 0 bridgehead atoms. The molecule has 1 N–H and O–H groups in total. The topological polar surface area (TPSA) is 90.9 Å². The largest absolute Gasteiger partial charge is 0.480 e. The third-order valence-electron chi connectivity index (χ3n) is 3.13. The van der Waals surface area contributed by atoms with Gasteiger partial charge in [0.05, 0.1) is 12.1 Å². The summed E-state index contributed by atoms with van der Waals surface area (Å²) in [5.74, 6) is -1.50. The van der Waals surface area contributed by atoms with Crippen LogP contribution in [0.3, 0.4) is 0 Å². The molecule has 1 unspecified atom stereocenters. The van der Waals surface area contributed by atoms with Crippen molar-refractivity contribution in [3.63, 3.8) is 0 Å². The molecule has 0 spiro atoms. The molecule has 0 aliphatic carbocycles. The SMILES string of the molecule is COC(=O)C(CC(C)C)NC(=O)COC(=O)COc1ccc(Cl)cc1Cl. The number of ether oxygens (including phenoxy) is 3. The monoisotopic (exact) mass is 405 g/mol. The minimum Gasteiger partial charge on any atom is -0.480 e. The Balaban J connectivity index is 2.42. The van der Waals surface area contributed by atoms with E-state index in [0.29, 0.717) is 11.4 Å². The lowest BCUT2D eigenvalue weighted by atomic mass is 10.0. The fraction of sp³-hybridized carbons (Fsp3) is 0.471. The van der Waals surface area contributed by atoms with Gasteiger partial charge in [-0.15, -0.1) is 0 Å². The van der Waals surface area contributed by atoms with Crippen LogP contribution in [0, 0.1) is 5.92 Å². The van der Waals surface area contributed by atoms with Crippen LogP contribution in [0.2, 0.25) is 10.0 Å². The zero-order valence-electron chi connectivity index (χ0n) is 14.7. The second-order valence-corrected chi connectivity index (χ2v) is 6.64. The first-order valence-corrected chi connectivity index (χ1v) is 8.59. The Morgan fingerprint density at radius 3 is 2.42 bits per heavy atom. The fourth-order valence-corrected chi connectivity index (χ4v) is 2.44. The maximum Gasteiger partial charge on any atom is 0.344 e. The molecule has 0 aliphatic heterocycles. The van der Waals surface area contributed by atoms with Crippen molar-refractivity contribution >= 4 is 41.0 Å². The summed E-state index contributed by atoms with van der Waals surface area (Å²) in [6.07, 6.45) is 0.407. The Morgan fingerprint density at radius 2 is 1.85 bits per heavy atom. The first kappa shape index (κ1) is 22.1. The maximum atomic E-state index is 11.9. The summed E-state index contributed by atoms with van der Waals surface area (Å²) in [4.78, 5) is 35.2. The van der Waals surface area contributed by atoms with Crippen molar-refractivity contribution in [2.75, 3.05) is 20.3 Å². The number of halogens is 2. The van der Waals surface area contributed by atoms with Gasteiger partial charge in [-0.25, -0.2) is 9.59 Å². The van der Waals surface area contributed by atoms with Gasteiger partial charge in [-0.2, -0.15) is 0 Å². The average Bonchev–Trinajstić information content (AvgIpc) is 2.57. The lowest BCUT2D eigenvalue weighted by molar-refractivity contribution is -0.151. The number of benzene rings is 1. The molecule has 1 aromatic rings. The van der Waals surface area contributed by atoms with Gasteiger partial charge >= 0.3 is 11.9 Å². The highest BCUT2D eigenvalue weighted by molar-refractivity contribution is 6.35. The highest BCUT2D eigenvalue weighted by Crippen LogP contribution is 2.27. The first-order valence-electron chi connectivity index (χ1n) is 7.83. The van der Waals surface area contributed by atoms with Crippen molar-refractivity contribution in [3.05, 3.63) is 28.2 Å². The van der Waals surface area contributed by atoms with Gasteiger partial charge in [-0.05, 0) is 30.5 Å². The van der Waals surface area contributed by atoms with E-state index in [4.69, 9.17) is 32.7 Å². The summed E-state index contributed by atoms with van der Waals surface area (Å²) < 4.78 is 14.7. The van der Waals surface area contributed by atoms with Gasteiger partial charge in [0, 0.05) is 5.02 Å². The van der Waals surface area contributed by atoms with Gasteiger partial charge in [0.1, 0.15) is 11.8 Å². The van der Waals surface area contributed by atoms with Gasteiger partial charge in [0.15, 0.2) is 13.2 Å². The van der Waals surface area contributed by atoms with E-state index in [-0.39, 0.29) is 16.7 Å². The van der Waals surface area contributed by atoms with Crippen LogP contribution in [0.5, 0.6) is 5.75 Å². The fourth-order valence-electron chi connectivity index (χ4n) is 1.98. The Bertz CT molecular complexity index is 650. The van der Waals surface area contributed by atoms with Gasteiger partial charge in [-0.3, -0.25) is 4.79 Å². The van der Waals surface area contributed by atoms with E-state index in [0.717, 1.165) is 0 Å². The zero-order chi connectivity index (χ0) is 19.7. The molecule has 0 aliphatic rings. The predicted octanol–water partition coefficient (Wildman–Crippen LogP) is 2.62. The van der Waals surface area contributed by atoms with E-state index < -0.39 is 37.1 Å². The minimum absolute atomic E-state index is 0.166. The van der Waals surface area contributed by atoms with E-state index >= 15 is 0 Å². The number of nitrogens with one attached hydrogen (secondary N) is 1. The Kier molecular flexibility index (Phi) is 9.23. The third kappa shape index (κ3) is 7.93. The van der Waals surface area contributed by atoms with Crippen molar-refractivity contribution in [2.24, 2.45) is 5.92 Å². The second kappa shape index (κ2) is 10.9. The van der Waals surface area contributed by atoms with Gasteiger partial charge in [0.2, 0.25) is 0 Å². The molecule has 0 saturated carbocycles. The Labute approximate surface area is 161 Å². The molecule has 0 fully saturated rings. The Hall–Kier alpha value is -1.99. The molecule has 0 saturated heterocycles. The lowest BCUT2D eigenvalue weighted by Crippen LogP contribution is -2.44. The predicted molar refractivity (Wildman–Crippen MR) is 96.3 cm³/mol. The molecular weight excluding hydrogens is 385 g/mol. The van der Waals surface area contributed by atoms with Crippen LogP contribution in [-0.4, -0.2) is 44.2 Å². The van der Waals surface area contributed by atoms with Crippen LogP contribution >= 0.6 is 23.2 Å². The third-order valence-corrected chi connectivity index (χ3v) is 3.66. The van der Waals surface area contributed by atoms with Crippen molar-refractivity contribution in [1.82, 2.24) is 5.32 Å². The molecule has 7 nitrogen and oxygen atoms in total. The standard InChI is InChI=1S/C17H21Cl2NO6/c1-10(2)6-13(17(23)24-3)20-15(21)8-26-16(22)9-25-14-5-4-11(18)7-12(14)19/h4-5,7,10,13H,6,8-9H2,1-3H3,(H,20,21). The van der Waals surface area contributed by atoms with Gasteiger partial charge in [0.25, 0.3) is 5.91 Å². The summed E-state index contributed by atoms with van der Waals surface area (Å²) >= 11 is 11.7. The van der Waals surface area contributed by atoms with Crippen LogP contribution in [0.1, 0.15) is 20.3 Å². The molecule has 1 atom stereocenters. The number of amides is 1. The molecule has 0 heterocycles. The van der Waals surface area contributed by atoms with Crippen molar-refractivity contribution in [3.8, 4) is 5.75 Å². The molecule has 0 radical (unpaired) electrons. The average molecular weight is 406 g/mol. The van der Waals surface area contributed by atoms with E-state index in [2.05, 4.69) is 10.1 Å². The number of esters is 2. The normalized spacial score (nSPS) is 11.6. The minimum atomic E-state index is -0.796. The smallest absolute Gasteiger partial charge is 0.344 e. The van der Waals surface area contributed by atoms with Crippen LogP contribution in [0.25, 0.3) is 0 Å². The summed E-state index contributed by atoms with van der Waals surface area (Å²) in [5.41, 5.74) is 0. The quantitative estimate of drug-likeness (QED) is 0.634. The molecule has 144 valence electrons. The number of methoxy groups -OCH3 is 1. The number of carbonyl (C=O) groups is 3. The molecule has 1 aromatic carbocycles. The van der Waals surface area contributed by atoms with Crippen LogP contribution in [0.4, 0.5) is 0 Å². The molecule has 9 heteroatoms. The molecular formula is C17H21Cl2NO6. The highest BCUT2D eigenvalue weighted by Gasteiger charge is 2.23. The number of carbonyl (C=O) groups excluding carboxylic acids is 3. The highest BCUT2D eigenvalue weighted by atomic mass is 35.5. The van der Waals surface area contributed by atoms with Crippen molar-refractivity contribution in [1.29, 1.82) is 0 Å². The van der Waals surface area contributed by atoms with E-state index in [1.54, 1.807) is 6.07 Å². The number of rotatable bonds is 9. The van der Waals surface area contributed by atoms with E-state index in [9.17, 15) is 14.4 Å².